The fraction of sp³-hybridized carbons (Fsp3) is 0.444. The molecule has 0 aliphatic carbocycles. The Morgan fingerprint density at radius 1 is 0.893 bits per heavy atom. The third-order valence-corrected chi connectivity index (χ3v) is 5.38. The van der Waals surface area contributed by atoms with Crippen LogP contribution in [0.3, 0.4) is 0 Å². The van der Waals surface area contributed by atoms with Gasteiger partial charge in [0.05, 0.1) is 16.3 Å². The molecular formula is C18H21Cl2N7O. The monoisotopic (exact) mass is 421 g/mol. The van der Waals surface area contributed by atoms with Crippen LogP contribution in [0.5, 0.6) is 5.75 Å². The van der Waals surface area contributed by atoms with Crippen molar-refractivity contribution in [2.75, 3.05) is 41.4 Å². The van der Waals surface area contributed by atoms with Crippen molar-refractivity contribution in [3.05, 3.63) is 27.7 Å². The molecular weight excluding hydrogens is 401 g/mol. The van der Waals surface area contributed by atoms with E-state index in [1.807, 2.05) is 0 Å². The molecule has 2 aliphatic rings. The average Bonchev–Trinajstić information content (AvgIpc) is 3.39. The highest BCUT2D eigenvalue weighted by Crippen LogP contribution is 2.32. The highest BCUT2D eigenvalue weighted by atomic mass is 35.5. The van der Waals surface area contributed by atoms with Gasteiger partial charge in [-0.05, 0) is 43.4 Å². The van der Waals surface area contributed by atoms with E-state index < -0.39 is 0 Å². The Hall–Kier alpha value is -2.32. The van der Waals surface area contributed by atoms with E-state index in [1.165, 1.54) is 0 Å². The van der Waals surface area contributed by atoms with Gasteiger partial charge in [-0.2, -0.15) is 20.1 Å². The van der Waals surface area contributed by atoms with Crippen LogP contribution in [0.15, 0.2) is 17.2 Å². The molecule has 2 fully saturated rings. The van der Waals surface area contributed by atoms with Crippen LogP contribution in [-0.2, 0) is 0 Å². The molecule has 2 aliphatic heterocycles. The van der Waals surface area contributed by atoms with Crippen LogP contribution in [0.25, 0.3) is 0 Å². The van der Waals surface area contributed by atoms with Crippen molar-refractivity contribution in [3.63, 3.8) is 0 Å². The van der Waals surface area contributed by atoms with Crippen LogP contribution >= 0.6 is 23.2 Å². The minimum Gasteiger partial charge on any atom is -0.505 e. The zero-order chi connectivity index (χ0) is 19.5. The fourth-order valence-corrected chi connectivity index (χ4v) is 3.85. The predicted molar refractivity (Wildman–Crippen MR) is 112 cm³/mol. The molecule has 1 aromatic heterocycles. The molecule has 8 nitrogen and oxygen atoms in total. The van der Waals surface area contributed by atoms with E-state index in [4.69, 9.17) is 23.2 Å². The van der Waals surface area contributed by atoms with Crippen LogP contribution in [0.1, 0.15) is 31.2 Å². The molecule has 0 radical (unpaired) electrons. The zero-order valence-electron chi connectivity index (χ0n) is 15.3. The fourth-order valence-electron chi connectivity index (χ4n) is 3.35. The van der Waals surface area contributed by atoms with Crippen molar-refractivity contribution in [2.45, 2.75) is 25.7 Å². The predicted octanol–water partition coefficient (Wildman–Crippen LogP) is 3.53. The Balaban J connectivity index is 1.55. The number of rotatable bonds is 5. The molecule has 3 heterocycles. The van der Waals surface area contributed by atoms with Crippen molar-refractivity contribution in [3.8, 4) is 5.75 Å². The van der Waals surface area contributed by atoms with E-state index in [2.05, 4.69) is 35.3 Å². The number of aromatic hydroxyl groups is 1. The summed E-state index contributed by atoms with van der Waals surface area (Å²) in [6.45, 7) is 3.82. The summed E-state index contributed by atoms with van der Waals surface area (Å²) >= 11 is 11.9. The van der Waals surface area contributed by atoms with Gasteiger partial charge in [-0.15, -0.1) is 0 Å². The molecule has 2 N–H and O–H groups in total. The molecule has 0 atom stereocenters. The molecule has 0 spiro atoms. The van der Waals surface area contributed by atoms with Gasteiger partial charge in [-0.3, -0.25) is 0 Å². The van der Waals surface area contributed by atoms with E-state index in [1.54, 1.807) is 18.3 Å². The molecule has 1 aromatic carbocycles. The van der Waals surface area contributed by atoms with E-state index in [0.717, 1.165) is 51.9 Å². The van der Waals surface area contributed by atoms with Crippen molar-refractivity contribution in [1.29, 1.82) is 0 Å². The van der Waals surface area contributed by atoms with E-state index >= 15 is 0 Å². The highest BCUT2D eigenvalue weighted by Gasteiger charge is 2.21. The number of nitrogens with zero attached hydrogens (tertiary/aromatic N) is 6. The van der Waals surface area contributed by atoms with Gasteiger partial charge in [0, 0.05) is 26.2 Å². The second-order valence-electron chi connectivity index (χ2n) is 6.85. The van der Waals surface area contributed by atoms with Gasteiger partial charge in [-0.25, -0.2) is 5.43 Å². The maximum absolute atomic E-state index is 9.64. The largest absolute Gasteiger partial charge is 0.505 e. The lowest BCUT2D eigenvalue weighted by Gasteiger charge is -2.20. The number of anilines is 3. The summed E-state index contributed by atoms with van der Waals surface area (Å²) in [5.74, 6) is 1.62. The summed E-state index contributed by atoms with van der Waals surface area (Å²) in [7, 11) is 0. The van der Waals surface area contributed by atoms with Crippen molar-refractivity contribution < 1.29 is 5.11 Å². The quantitative estimate of drug-likeness (QED) is 0.563. The summed E-state index contributed by atoms with van der Waals surface area (Å²) in [6.07, 6.45) is 6.14. The summed E-state index contributed by atoms with van der Waals surface area (Å²) in [5.41, 5.74) is 3.53. The number of phenols is 1. The number of hydrogen-bond donors (Lipinski definition) is 2. The number of benzene rings is 1. The molecule has 0 bridgehead atoms. The smallest absolute Gasteiger partial charge is 0.250 e. The number of hydrazone groups is 1. The summed E-state index contributed by atoms with van der Waals surface area (Å²) < 4.78 is 0. The zero-order valence-corrected chi connectivity index (χ0v) is 16.8. The first-order chi connectivity index (χ1) is 13.6. The summed E-state index contributed by atoms with van der Waals surface area (Å²) in [6, 6.07) is 3.15. The average molecular weight is 422 g/mol. The first-order valence-electron chi connectivity index (χ1n) is 9.33. The SMILES string of the molecule is Oc1c(Cl)cc(C=NNc2nc(N3CCCC3)nc(N3CCCC3)n2)cc1Cl. The van der Waals surface area contributed by atoms with Gasteiger partial charge in [0.2, 0.25) is 17.8 Å². The summed E-state index contributed by atoms with van der Waals surface area (Å²) in [4.78, 5) is 18.1. The molecule has 148 valence electrons. The van der Waals surface area contributed by atoms with Crippen LogP contribution in [0.2, 0.25) is 10.0 Å². The molecule has 0 saturated carbocycles. The van der Waals surface area contributed by atoms with Crippen molar-refractivity contribution in [2.24, 2.45) is 5.10 Å². The van der Waals surface area contributed by atoms with Crippen molar-refractivity contribution >= 4 is 47.3 Å². The van der Waals surface area contributed by atoms with Gasteiger partial charge in [0.1, 0.15) is 0 Å². The first kappa shape index (κ1) is 19.0. The Bertz CT molecular complexity index is 823. The molecule has 10 heteroatoms. The Kier molecular flexibility index (Phi) is 5.68. The third-order valence-electron chi connectivity index (χ3n) is 4.81. The normalized spacial score (nSPS) is 17.1. The Labute approximate surface area is 173 Å². The van der Waals surface area contributed by atoms with Gasteiger partial charge >= 0.3 is 0 Å². The number of nitrogens with one attached hydrogen (secondary N) is 1. The van der Waals surface area contributed by atoms with Gasteiger partial charge < -0.3 is 14.9 Å². The standard InChI is InChI=1S/C18H21Cl2N7O/c19-13-9-12(10-14(20)15(13)28)11-21-25-16-22-17(26-5-1-2-6-26)24-18(23-16)27-7-3-4-8-27/h9-11,28H,1-8H2,(H,22,23,24,25). The topological polar surface area (TPSA) is 89.8 Å². The maximum atomic E-state index is 9.64. The minimum absolute atomic E-state index is 0.142. The molecule has 2 aromatic rings. The molecule has 4 rings (SSSR count). The maximum Gasteiger partial charge on any atom is 0.250 e. The van der Waals surface area contributed by atoms with Gasteiger partial charge in [0.25, 0.3) is 0 Å². The number of aromatic nitrogens is 3. The molecule has 28 heavy (non-hydrogen) atoms. The van der Waals surface area contributed by atoms with Crippen molar-refractivity contribution in [1.82, 2.24) is 15.0 Å². The lowest BCUT2D eigenvalue weighted by molar-refractivity contribution is 0.476. The van der Waals surface area contributed by atoms with E-state index in [9.17, 15) is 5.11 Å². The van der Waals surface area contributed by atoms with Gasteiger partial charge in [-0.1, -0.05) is 23.2 Å². The van der Waals surface area contributed by atoms with E-state index in [-0.39, 0.29) is 15.8 Å². The molecule has 0 unspecified atom stereocenters. The lowest BCUT2D eigenvalue weighted by atomic mass is 10.2. The number of phenolic OH excluding ortho intramolecular Hbond substituents is 1. The third kappa shape index (κ3) is 4.23. The van der Waals surface area contributed by atoms with Crippen LogP contribution in [0, 0.1) is 0 Å². The second-order valence-corrected chi connectivity index (χ2v) is 7.66. The number of halogens is 2. The second kappa shape index (κ2) is 8.36. The van der Waals surface area contributed by atoms with Crippen LogP contribution in [-0.4, -0.2) is 52.5 Å². The Morgan fingerprint density at radius 3 is 1.89 bits per heavy atom. The van der Waals surface area contributed by atoms with Gasteiger partial charge in [0.15, 0.2) is 5.75 Å². The van der Waals surface area contributed by atoms with Crippen LogP contribution < -0.4 is 15.2 Å². The summed E-state index contributed by atoms with van der Waals surface area (Å²) in [5, 5.41) is 14.2. The van der Waals surface area contributed by atoms with Crippen LogP contribution in [0.4, 0.5) is 17.8 Å². The first-order valence-corrected chi connectivity index (χ1v) is 10.1. The van der Waals surface area contributed by atoms with E-state index in [0.29, 0.717) is 23.4 Å². The lowest BCUT2D eigenvalue weighted by Crippen LogP contribution is -2.25. The molecule has 2 saturated heterocycles. The minimum atomic E-state index is -0.142. The highest BCUT2D eigenvalue weighted by molar-refractivity contribution is 6.37. The number of hydrogen-bond acceptors (Lipinski definition) is 8. The molecule has 0 amide bonds. The Morgan fingerprint density at radius 2 is 1.39 bits per heavy atom.